The number of nitrogens with one attached hydrogen (secondary N) is 1. The highest BCUT2D eigenvalue weighted by atomic mass is 35.5. The lowest BCUT2D eigenvalue weighted by molar-refractivity contribution is 0.171. The molecule has 0 spiro atoms. The lowest BCUT2D eigenvalue weighted by Crippen LogP contribution is -2.21. The number of fused-ring (bicyclic) bond motifs is 1. The van der Waals surface area contributed by atoms with E-state index in [0.29, 0.717) is 29.9 Å². The zero-order valence-electron chi connectivity index (χ0n) is 13.0. The molecule has 1 N–H and O–H groups in total. The van der Waals surface area contributed by atoms with Crippen LogP contribution in [0.25, 0.3) is 6.08 Å². The van der Waals surface area contributed by atoms with Gasteiger partial charge in [-0.3, -0.25) is 0 Å². The van der Waals surface area contributed by atoms with Crippen molar-refractivity contribution in [3.63, 3.8) is 0 Å². The van der Waals surface area contributed by atoms with E-state index in [4.69, 9.17) is 21.1 Å². The van der Waals surface area contributed by atoms with Crippen molar-refractivity contribution in [2.45, 2.75) is 27.2 Å². The molecule has 0 saturated heterocycles. The molecule has 1 aliphatic heterocycles. The first-order valence-corrected chi connectivity index (χ1v) is 7.97. The van der Waals surface area contributed by atoms with Gasteiger partial charge in [-0.25, -0.2) is 0 Å². The lowest BCUT2D eigenvalue weighted by Gasteiger charge is -2.20. The zero-order chi connectivity index (χ0) is 15.2. The van der Waals surface area contributed by atoms with E-state index < -0.39 is 0 Å². The maximum atomic E-state index is 6.27. The van der Waals surface area contributed by atoms with Gasteiger partial charge in [-0.2, -0.15) is 0 Å². The average molecular weight is 310 g/mol. The van der Waals surface area contributed by atoms with Crippen LogP contribution in [0.5, 0.6) is 11.5 Å². The molecule has 0 saturated carbocycles. The summed E-state index contributed by atoms with van der Waals surface area (Å²) >= 11 is 6.27. The molecular weight excluding hydrogens is 286 g/mol. The first-order valence-electron chi connectivity index (χ1n) is 7.59. The van der Waals surface area contributed by atoms with E-state index in [1.807, 2.05) is 12.1 Å². The fourth-order valence-corrected chi connectivity index (χ4v) is 2.52. The van der Waals surface area contributed by atoms with Crippen LogP contribution in [0.15, 0.2) is 17.7 Å². The van der Waals surface area contributed by atoms with Crippen molar-refractivity contribution in [2.75, 3.05) is 26.3 Å². The number of rotatable bonds is 6. The van der Waals surface area contributed by atoms with E-state index in [1.165, 1.54) is 5.57 Å². The molecule has 116 valence electrons. The minimum absolute atomic E-state index is 0.557. The number of hydrogen-bond acceptors (Lipinski definition) is 3. The fraction of sp³-hybridized carbons (Fsp3) is 0.529. The third-order valence-electron chi connectivity index (χ3n) is 3.35. The number of halogens is 1. The highest BCUT2D eigenvalue weighted by Gasteiger charge is 2.16. The van der Waals surface area contributed by atoms with Gasteiger partial charge in [-0.1, -0.05) is 44.0 Å². The van der Waals surface area contributed by atoms with Crippen LogP contribution >= 0.6 is 11.6 Å². The second-order valence-electron chi connectivity index (χ2n) is 5.71. The van der Waals surface area contributed by atoms with E-state index in [1.54, 1.807) is 0 Å². The molecular formula is C17H24ClNO2. The van der Waals surface area contributed by atoms with E-state index in [-0.39, 0.29) is 0 Å². The average Bonchev–Trinajstić information content (AvgIpc) is 2.46. The van der Waals surface area contributed by atoms with Crippen molar-refractivity contribution in [1.82, 2.24) is 5.32 Å². The third-order valence-corrected chi connectivity index (χ3v) is 3.63. The summed E-state index contributed by atoms with van der Waals surface area (Å²) in [4.78, 5) is 0. The largest absolute Gasteiger partial charge is 0.486 e. The summed E-state index contributed by atoms with van der Waals surface area (Å²) in [6.45, 7) is 9.66. The smallest absolute Gasteiger partial charge is 0.179 e. The predicted molar refractivity (Wildman–Crippen MR) is 88.4 cm³/mol. The van der Waals surface area contributed by atoms with Crippen LogP contribution in [-0.4, -0.2) is 26.3 Å². The summed E-state index contributed by atoms with van der Waals surface area (Å²) in [5.41, 5.74) is 2.41. The SMILES string of the molecule is CCC(=Cc1cc(Cl)c2c(c1)OCCO2)CNCC(C)C. The van der Waals surface area contributed by atoms with Crippen LogP contribution in [-0.2, 0) is 0 Å². The first kappa shape index (κ1) is 16.2. The lowest BCUT2D eigenvalue weighted by atomic mass is 10.1. The van der Waals surface area contributed by atoms with Crippen LogP contribution in [0, 0.1) is 5.92 Å². The van der Waals surface area contributed by atoms with Gasteiger partial charge in [-0.05, 0) is 36.6 Å². The number of ether oxygens (including phenoxy) is 2. The molecule has 0 atom stereocenters. The van der Waals surface area contributed by atoms with Gasteiger partial charge in [0, 0.05) is 6.54 Å². The Kier molecular flexibility index (Phi) is 5.95. The summed E-state index contributed by atoms with van der Waals surface area (Å²) in [7, 11) is 0. The van der Waals surface area contributed by atoms with Crippen LogP contribution in [0.2, 0.25) is 5.02 Å². The Morgan fingerprint density at radius 2 is 2.10 bits per heavy atom. The van der Waals surface area contributed by atoms with Crippen molar-refractivity contribution in [3.05, 3.63) is 28.3 Å². The Morgan fingerprint density at radius 1 is 1.33 bits per heavy atom. The second kappa shape index (κ2) is 7.71. The first-order chi connectivity index (χ1) is 10.1. The minimum atomic E-state index is 0.557. The van der Waals surface area contributed by atoms with Gasteiger partial charge in [0.1, 0.15) is 13.2 Å². The van der Waals surface area contributed by atoms with Crippen molar-refractivity contribution < 1.29 is 9.47 Å². The number of benzene rings is 1. The predicted octanol–water partition coefficient (Wildman–Crippen LogP) is 4.15. The molecule has 0 fully saturated rings. The molecule has 1 aromatic carbocycles. The summed E-state index contributed by atoms with van der Waals surface area (Å²) in [6, 6.07) is 3.94. The van der Waals surface area contributed by atoms with Gasteiger partial charge < -0.3 is 14.8 Å². The van der Waals surface area contributed by atoms with Crippen LogP contribution < -0.4 is 14.8 Å². The molecule has 1 aliphatic rings. The normalized spacial score (nSPS) is 14.6. The molecule has 1 aromatic rings. The molecule has 4 heteroatoms. The van der Waals surface area contributed by atoms with Crippen molar-refractivity contribution in [3.8, 4) is 11.5 Å². The molecule has 0 unspecified atom stereocenters. The molecule has 0 aliphatic carbocycles. The Bertz CT molecular complexity index is 512. The highest BCUT2D eigenvalue weighted by Crippen LogP contribution is 2.38. The second-order valence-corrected chi connectivity index (χ2v) is 6.11. The van der Waals surface area contributed by atoms with Gasteiger partial charge >= 0.3 is 0 Å². The Morgan fingerprint density at radius 3 is 2.81 bits per heavy atom. The van der Waals surface area contributed by atoms with Crippen molar-refractivity contribution >= 4 is 17.7 Å². The van der Waals surface area contributed by atoms with Gasteiger partial charge in [-0.15, -0.1) is 0 Å². The van der Waals surface area contributed by atoms with Crippen LogP contribution in [0.1, 0.15) is 32.8 Å². The molecule has 3 nitrogen and oxygen atoms in total. The van der Waals surface area contributed by atoms with Crippen LogP contribution in [0.4, 0.5) is 0 Å². The molecule has 21 heavy (non-hydrogen) atoms. The molecule has 0 bridgehead atoms. The minimum Gasteiger partial charge on any atom is -0.486 e. The summed E-state index contributed by atoms with van der Waals surface area (Å²) in [5.74, 6) is 2.06. The van der Waals surface area contributed by atoms with E-state index in [2.05, 4.69) is 32.2 Å². The molecule has 1 heterocycles. The van der Waals surface area contributed by atoms with Gasteiger partial charge in [0.2, 0.25) is 0 Å². The monoisotopic (exact) mass is 309 g/mol. The van der Waals surface area contributed by atoms with E-state index >= 15 is 0 Å². The van der Waals surface area contributed by atoms with E-state index in [9.17, 15) is 0 Å². The molecule has 0 radical (unpaired) electrons. The standard InChI is InChI=1S/C17H24ClNO2/c1-4-13(11-19-10-12(2)3)7-14-8-15(18)17-16(9-14)20-5-6-21-17/h7-9,12,19H,4-6,10-11H2,1-3H3. The molecule has 0 amide bonds. The Balaban J connectivity index is 2.12. The Hall–Kier alpha value is -1.19. The van der Waals surface area contributed by atoms with Crippen LogP contribution in [0.3, 0.4) is 0 Å². The maximum Gasteiger partial charge on any atom is 0.179 e. The number of hydrogen-bond donors (Lipinski definition) is 1. The summed E-state index contributed by atoms with van der Waals surface area (Å²) in [6.07, 6.45) is 3.19. The quantitative estimate of drug-likeness (QED) is 0.856. The Labute approximate surface area is 132 Å². The zero-order valence-corrected chi connectivity index (χ0v) is 13.8. The topological polar surface area (TPSA) is 30.5 Å². The van der Waals surface area contributed by atoms with E-state index in [0.717, 1.165) is 30.8 Å². The van der Waals surface area contributed by atoms with Gasteiger partial charge in [0.25, 0.3) is 0 Å². The molecule has 2 rings (SSSR count). The third kappa shape index (κ3) is 4.65. The summed E-state index contributed by atoms with van der Waals surface area (Å²) < 4.78 is 11.2. The summed E-state index contributed by atoms with van der Waals surface area (Å²) in [5, 5.41) is 4.09. The highest BCUT2D eigenvalue weighted by molar-refractivity contribution is 6.32. The van der Waals surface area contributed by atoms with Gasteiger partial charge in [0.15, 0.2) is 11.5 Å². The molecule has 0 aromatic heterocycles. The van der Waals surface area contributed by atoms with Crippen molar-refractivity contribution in [1.29, 1.82) is 0 Å². The van der Waals surface area contributed by atoms with Gasteiger partial charge in [0.05, 0.1) is 5.02 Å². The maximum absolute atomic E-state index is 6.27. The fourth-order valence-electron chi connectivity index (χ4n) is 2.25. The van der Waals surface area contributed by atoms with Crippen molar-refractivity contribution in [2.24, 2.45) is 5.92 Å².